The summed E-state index contributed by atoms with van der Waals surface area (Å²) in [7, 11) is -12.1. The molecule has 0 fully saturated rings. The molecule has 2 aliphatic rings. The van der Waals surface area contributed by atoms with Crippen molar-refractivity contribution in [1.29, 1.82) is 0 Å². The Morgan fingerprint density at radius 2 is 1.64 bits per heavy atom. The molecule has 0 aromatic heterocycles. The number of carbonyl (C=O) groups excluding carboxylic acids is 1. The summed E-state index contributed by atoms with van der Waals surface area (Å²) in [6, 6.07) is 3.29. The van der Waals surface area contributed by atoms with Crippen LogP contribution >= 0.6 is 7.29 Å². The van der Waals surface area contributed by atoms with Gasteiger partial charge in [-0.05, 0) is 35.4 Å². The quantitative estimate of drug-likeness (QED) is 0.449. The van der Waals surface area contributed by atoms with Gasteiger partial charge in [-0.3, -0.25) is 9.36 Å². The van der Waals surface area contributed by atoms with Crippen molar-refractivity contribution >= 4 is 55.8 Å². The Kier molecular flexibility index (Phi) is 7.93. The molecule has 0 spiro atoms. The van der Waals surface area contributed by atoms with Crippen LogP contribution in [0, 0.1) is 10.8 Å². The molecule has 0 saturated carbocycles. The minimum Gasteiger partial charge on any atom is -0.509 e. The molecule has 2 heterocycles. The van der Waals surface area contributed by atoms with Crippen LogP contribution in [0.25, 0.3) is 0 Å². The summed E-state index contributed by atoms with van der Waals surface area (Å²) < 4.78 is 68.0. The molecule has 218 valence electrons. The van der Waals surface area contributed by atoms with Gasteiger partial charge >= 0.3 is 0 Å². The topological polar surface area (TPSA) is 154 Å². The first-order valence-electron chi connectivity index (χ1n) is 12.6. The van der Waals surface area contributed by atoms with Crippen molar-refractivity contribution in [3.63, 3.8) is 0 Å². The second-order valence-electron chi connectivity index (χ2n) is 12.4. The van der Waals surface area contributed by atoms with Crippen LogP contribution in [0.3, 0.4) is 0 Å². The Bertz CT molecular complexity index is 1490. The van der Waals surface area contributed by atoms with Gasteiger partial charge in [0.2, 0.25) is 27.3 Å². The summed E-state index contributed by atoms with van der Waals surface area (Å²) >= 11 is 0. The Morgan fingerprint density at radius 3 is 2.10 bits per heavy atom. The third kappa shape index (κ3) is 6.20. The molecular formula is C25H39N4O7PS2. The van der Waals surface area contributed by atoms with Gasteiger partial charge < -0.3 is 15.3 Å². The van der Waals surface area contributed by atoms with Gasteiger partial charge in [0.05, 0.1) is 35.2 Å². The number of amides is 1. The van der Waals surface area contributed by atoms with Crippen LogP contribution in [0.4, 0.5) is 11.4 Å². The summed E-state index contributed by atoms with van der Waals surface area (Å²) in [5.41, 5.74) is -0.530. The SMILES string of the molecule is CCP1(=O)N=C(C2=C(O)[C@H](C(C)(C)C)N(CCC(C)(C)C)C2=O)Nc2ccc(N(S(C)(=O)=O)S(C)(=O)=O)cc21. The zero-order valence-corrected chi connectivity index (χ0v) is 26.5. The van der Waals surface area contributed by atoms with Crippen LogP contribution in [-0.4, -0.2) is 69.8 Å². The van der Waals surface area contributed by atoms with E-state index in [0.717, 1.165) is 12.5 Å². The number of amidine groups is 1. The molecule has 2 aliphatic heterocycles. The number of carbonyl (C=O) groups is 1. The van der Waals surface area contributed by atoms with Crippen LogP contribution in [0.15, 0.2) is 34.3 Å². The van der Waals surface area contributed by atoms with Crippen molar-refractivity contribution < 1.29 is 31.3 Å². The highest BCUT2D eigenvalue weighted by molar-refractivity contribution is 8.09. The van der Waals surface area contributed by atoms with E-state index >= 15 is 0 Å². The van der Waals surface area contributed by atoms with E-state index in [9.17, 15) is 31.3 Å². The van der Waals surface area contributed by atoms with Gasteiger partial charge in [0.25, 0.3) is 5.91 Å². The van der Waals surface area contributed by atoms with Crippen LogP contribution in [0.5, 0.6) is 0 Å². The second-order valence-corrected chi connectivity index (χ2v) is 19.0. The lowest BCUT2D eigenvalue weighted by Gasteiger charge is -2.36. The molecule has 0 radical (unpaired) electrons. The number of rotatable bonds is 7. The smallest absolute Gasteiger partial charge is 0.261 e. The molecule has 2 atom stereocenters. The Labute approximate surface area is 231 Å². The Morgan fingerprint density at radius 1 is 1.08 bits per heavy atom. The largest absolute Gasteiger partial charge is 0.509 e. The van der Waals surface area contributed by atoms with E-state index < -0.39 is 44.7 Å². The highest BCUT2D eigenvalue weighted by atomic mass is 32.3. The fraction of sp³-hybridized carbons (Fsp3) is 0.600. The minimum absolute atomic E-state index is 0.0189. The average Bonchev–Trinajstić information content (AvgIpc) is 2.99. The van der Waals surface area contributed by atoms with Crippen molar-refractivity contribution in [2.75, 3.05) is 34.2 Å². The third-order valence-corrected chi connectivity index (χ3v) is 12.3. The first kappa shape index (κ1) is 31.2. The molecule has 1 aromatic carbocycles. The molecule has 11 nitrogen and oxygen atoms in total. The molecule has 39 heavy (non-hydrogen) atoms. The number of hydrogen-bond acceptors (Lipinski definition) is 8. The van der Waals surface area contributed by atoms with Crippen molar-refractivity contribution in [3.05, 3.63) is 29.5 Å². The zero-order chi connectivity index (χ0) is 29.9. The highest BCUT2D eigenvalue weighted by Gasteiger charge is 2.48. The van der Waals surface area contributed by atoms with E-state index in [2.05, 4.69) is 30.9 Å². The number of benzene rings is 1. The number of hydrogen-bond donors (Lipinski definition) is 2. The summed E-state index contributed by atoms with van der Waals surface area (Å²) in [6.45, 7) is 14.0. The highest BCUT2D eigenvalue weighted by Crippen LogP contribution is 2.52. The van der Waals surface area contributed by atoms with E-state index in [4.69, 9.17) is 0 Å². The number of aliphatic hydroxyl groups is 1. The lowest BCUT2D eigenvalue weighted by Crippen LogP contribution is -2.45. The molecule has 1 unspecified atom stereocenters. The maximum atomic E-state index is 14.1. The van der Waals surface area contributed by atoms with Crippen LogP contribution < -0.4 is 14.3 Å². The number of sulfonamides is 2. The fourth-order valence-electron chi connectivity index (χ4n) is 4.82. The molecular weight excluding hydrogens is 563 g/mol. The van der Waals surface area contributed by atoms with Gasteiger partial charge in [-0.2, -0.15) is 3.71 Å². The minimum atomic E-state index is -4.22. The number of nitrogens with zero attached hydrogens (tertiary/aromatic N) is 3. The molecule has 2 N–H and O–H groups in total. The number of anilines is 2. The van der Waals surface area contributed by atoms with Crippen molar-refractivity contribution in [2.24, 2.45) is 15.6 Å². The maximum absolute atomic E-state index is 14.1. The normalized spacial score (nSPS) is 22.5. The lowest BCUT2D eigenvalue weighted by molar-refractivity contribution is -0.128. The summed E-state index contributed by atoms with van der Waals surface area (Å²) in [5, 5.41) is 14.5. The number of nitrogens with one attached hydrogen (secondary N) is 1. The average molecular weight is 603 g/mol. The van der Waals surface area contributed by atoms with Gasteiger partial charge in [0.1, 0.15) is 17.2 Å². The number of aliphatic hydroxyl groups excluding tert-OH is 1. The van der Waals surface area contributed by atoms with Crippen molar-refractivity contribution in [2.45, 2.75) is 60.9 Å². The van der Waals surface area contributed by atoms with Crippen molar-refractivity contribution in [1.82, 2.24) is 4.90 Å². The van der Waals surface area contributed by atoms with Crippen LogP contribution in [-0.2, 0) is 29.4 Å². The summed E-state index contributed by atoms with van der Waals surface area (Å²) in [6.07, 6.45) is 2.24. The monoisotopic (exact) mass is 602 g/mol. The standard InChI is InChI=1S/C25H39N4O7PS2/c1-10-37(32)18-15-16(29(38(8,33)34)39(9,35)36)11-12-17(18)26-22(27-37)19-20(30)21(25(5,6)7)28(23(19)31)14-13-24(2,3)4/h11-12,15,21,30H,10,13-14H2,1-9H3,(H,26,27,32)/t21-,37?/m1/s1. The van der Waals surface area contributed by atoms with Gasteiger partial charge in [0, 0.05) is 12.7 Å². The van der Waals surface area contributed by atoms with E-state index in [0.29, 0.717) is 13.0 Å². The molecule has 14 heteroatoms. The zero-order valence-electron chi connectivity index (χ0n) is 23.9. The van der Waals surface area contributed by atoms with E-state index in [1.165, 1.54) is 18.2 Å². The predicted molar refractivity (Wildman–Crippen MR) is 156 cm³/mol. The maximum Gasteiger partial charge on any atom is 0.261 e. The first-order valence-corrected chi connectivity index (χ1v) is 18.1. The third-order valence-electron chi connectivity index (χ3n) is 6.58. The van der Waals surface area contributed by atoms with E-state index in [-0.39, 0.29) is 49.1 Å². The van der Waals surface area contributed by atoms with E-state index in [1.54, 1.807) is 11.8 Å². The van der Waals surface area contributed by atoms with Gasteiger partial charge in [0.15, 0.2) is 0 Å². The fourth-order valence-corrected chi connectivity index (χ4v) is 9.68. The molecule has 0 bridgehead atoms. The second kappa shape index (κ2) is 9.92. The number of fused-ring (bicyclic) bond motifs is 1. The Balaban J connectivity index is 2.15. The molecule has 0 aliphatic carbocycles. The molecule has 1 amide bonds. The van der Waals surface area contributed by atoms with Gasteiger partial charge in [-0.15, -0.1) is 0 Å². The Hall–Kier alpha value is -2.37. The van der Waals surface area contributed by atoms with Crippen LogP contribution in [0.1, 0.15) is 54.9 Å². The summed E-state index contributed by atoms with van der Waals surface area (Å²) in [4.78, 5) is 15.4. The van der Waals surface area contributed by atoms with Gasteiger partial charge in [-0.1, -0.05) is 48.5 Å². The molecule has 0 saturated heterocycles. The van der Waals surface area contributed by atoms with Gasteiger partial charge in [-0.25, -0.2) is 21.6 Å². The van der Waals surface area contributed by atoms with E-state index in [1.807, 2.05) is 20.8 Å². The lowest BCUT2D eigenvalue weighted by atomic mass is 9.84. The van der Waals surface area contributed by atoms with Crippen molar-refractivity contribution in [3.8, 4) is 0 Å². The summed E-state index contributed by atoms with van der Waals surface area (Å²) in [5.74, 6) is -0.611. The molecule has 3 rings (SSSR count). The van der Waals surface area contributed by atoms with Crippen LogP contribution in [0.2, 0.25) is 0 Å². The molecule has 1 aromatic rings. The first-order chi connectivity index (χ1) is 17.5. The predicted octanol–water partition coefficient (Wildman–Crippen LogP) is 3.66.